The zero-order valence-corrected chi connectivity index (χ0v) is 28.9. The molecule has 22 heteroatoms. The Hall–Kier alpha value is -5.54. The number of oxime groups is 1. The van der Waals surface area contributed by atoms with Crippen molar-refractivity contribution in [3.63, 3.8) is 0 Å². The molecule has 2 aromatic heterocycles. The third-order valence-corrected chi connectivity index (χ3v) is 10.5. The number of thiazole rings is 1. The molecule has 1 aromatic carbocycles. The number of carbonyl (C=O) groups excluding carboxylic acids is 3. The molecule has 268 valence electrons. The van der Waals surface area contributed by atoms with Gasteiger partial charge in [0.15, 0.2) is 40.4 Å². The first-order valence-electron chi connectivity index (χ1n) is 14.9. The van der Waals surface area contributed by atoms with Gasteiger partial charge in [0.25, 0.3) is 17.7 Å². The first kappa shape index (κ1) is 35.3. The number of nitrogen functional groups attached to an aromatic ring is 1. The molecule has 3 amide bonds. The average Bonchev–Trinajstić information content (AvgIpc) is 3.81. The zero-order chi connectivity index (χ0) is 36.9. The van der Waals surface area contributed by atoms with Crippen LogP contribution in [0.5, 0.6) is 11.5 Å². The Kier molecular flexibility index (Phi) is 9.20. The van der Waals surface area contributed by atoms with Crippen LogP contribution in [0.3, 0.4) is 0 Å². The number of carbonyl (C=O) groups is 5. The molecule has 0 unspecified atom stereocenters. The summed E-state index contributed by atoms with van der Waals surface area (Å²) in [6.07, 6.45) is 1.58. The van der Waals surface area contributed by atoms with E-state index in [0.717, 1.165) is 22.3 Å². The number of fused-ring (bicyclic) bond motifs is 2. The number of hydrogen-bond acceptors (Lipinski definition) is 14. The molecule has 5 heterocycles. The number of phenols is 2. The van der Waals surface area contributed by atoms with Crippen LogP contribution in [0.4, 0.5) is 16.6 Å². The topological polar surface area (TPSA) is 275 Å². The molecule has 6 rings (SSSR count). The molecular weight excluding hydrogens is 734 g/mol. The number of rotatable bonds is 11. The molecule has 3 aliphatic rings. The number of nitrogens with zero attached hydrogens (tertiary/aromatic N) is 5. The van der Waals surface area contributed by atoms with Crippen molar-refractivity contribution in [1.82, 2.24) is 19.9 Å². The van der Waals surface area contributed by atoms with E-state index in [2.05, 4.69) is 26.1 Å². The number of carboxylic acids is 2. The molecule has 0 aliphatic carbocycles. The number of amides is 3. The molecule has 3 aliphatic heterocycles. The van der Waals surface area contributed by atoms with Gasteiger partial charge in [-0.05, 0) is 26.0 Å². The van der Waals surface area contributed by atoms with E-state index in [4.69, 9.17) is 22.2 Å². The van der Waals surface area contributed by atoms with Gasteiger partial charge in [-0.2, -0.15) is 0 Å². The summed E-state index contributed by atoms with van der Waals surface area (Å²) >= 11 is 8.28. The lowest BCUT2D eigenvalue weighted by Crippen LogP contribution is -2.71. The Balaban J connectivity index is 1.22. The summed E-state index contributed by atoms with van der Waals surface area (Å²) in [6.45, 7) is 3.44. The van der Waals surface area contributed by atoms with Gasteiger partial charge in [-0.3, -0.25) is 19.3 Å². The van der Waals surface area contributed by atoms with Crippen LogP contribution in [0.25, 0.3) is 0 Å². The predicted octanol–water partition coefficient (Wildman–Crippen LogP) is 0.579. The number of nitrogens with one attached hydrogen (secondary N) is 3. The molecule has 0 bridgehead atoms. The van der Waals surface area contributed by atoms with E-state index in [1.54, 1.807) is 15.6 Å². The fourth-order valence-electron chi connectivity index (χ4n) is 5.41. The Labute approximate surface area is 300 Å². The van der Waals surface area contributed by atoms with Crippen LogP contribution in [0, 0.1) is 0 Å². The van der Waals surface area contributed by atoms with E-state index in [1.165, 1.54) is 37.1 Å². The smallest absolute Gasteiger partial charge is 0.352 e. The number of aromatic hydroxyl groups is 2. The highest BCUT2D eigenvalue weighted by atomic mass is 35.5. The Morgan fingerprint density at radius 2 is 2.00 bits per heavy atom. The van der Waals surface area contributed by atoms with Crippen molar-refractivity contribution in [2.45, 2.75) is 44.0 Å². The highest BCUT2D eigenvalue weighted by molar-refractivity contribution is 8.00. The zero-order valence-electron chi connectivity index (χ0n) is 26.5. The number of aromatic nitrogens is 3. The predicted molar refractivity (Wildman–Crippen MR) is 181 cm³/mol. The lowest BCUT2D eigenvalue weighted by Gasteiger charge is -2.49. The van der Waals surface area contributed by atoms with E-state index in [1.807, 2.05) is 0 Å². The van der Waals surface area contributed by atoms with Gasteiger partial charge < -0.3 is 46.9 Å². The maximum Gasteiger partial charge on any atom is 0.352 e. The van der Waals surface area contributed by atoms with E-state index in [0.29, 0.717) is 30.2 Å². The second-order valence-corrected chi connectivity index (χ2v) is 14.2. The molecule has 9 N–H and O–H groups in total. The van der Waals surface area contributed by atoms with Crippen molar-refractivity contribution in [3.05, 3.63) is 51.3 Å². The molecule has 0 saturated carbocycles. The molecule has 1 saturated heterocycles. The first-order valence-corrected chi connectivity index (χ1v) is 17.2. The summed E-state index contributed by atoms with van der Waals surface area (Å²) < 4.78 is 3.47. The van der Waals surface area contributed by atoms with Gasteiger partial charge in [0.1, 0.15) is 22.8 Å². The van der Waals surface area contributed by atoms with E-state index >= 15 is 0 Å². The van der Waals surface area contributed by atoms with Crippen molar-refractivity contribution in [1.29, 1.82) is 0 Å². The number of β-lactam (4-membered cyclic amide) rings is 1. The van der Waals surface area contributed by atoms with E-state index < -0.39 is 63.9 Å². The minimum Gasteiger partial charge on any atom is -0.504 e. The third kappa shape index (κ3) is 6.45. The Morgan fingerprint density at radius 3 is 2.67 bits per heavy atom. The van der Waals surface area contributed by atoms with Crippen LogP contribution in [-0.4, -0.2) is 99.7 Å². The number of phenolic OH excluding ortho intramolecular Hbond substituents is 2. The van der Waals surface area contributed by atoms with Gasteiger partial charge >= 0.3 is 11.9 Å². The third-order valence-electron chi connectivity index (χ3n) is 8.05. The minimum absolute atomic E-state index is 0.0179. The molecule has 3 aromatic rings. The van der Waals surface area contributed by atoms with E-state index in [-0.39, 0.29) is 39.4 Å². The van der Waals surface area contributed by atoms with Crippen LogP contribution in [0.1, 0.15) is 29.9 Å². The first-order chi connectivity index (χ1) is 24.1. The van der Waals surface area contributed by atoms with Crippen molar-refractivity contribution < 1.29 is 53.9 Å². The normalized spacial score (nSPS) is 18.4. The summed E-state index contributed by atoms with van der Waals surface area (Å²) in [7, 11) is 0. The maximum absolute atomic E-state index is 13.4. The summed E-state index contributed by atoms with van der Waals surface area (Å²) in [5.74, 6) is -5.45. The fraction of sp³-hybridized carbons (Fsp3) is 0.310. The second kappa shape index (κ2) is 13.3. The number of halogens is 1. The lowest BCUT2D eigenvalue weighted by molar-refractivity contribution is -0.766. The number of nitrogens with two attached hydrogens (primary N) is 1. The number of thioether (sulfide) groups is 1. The molecule has 2 atom stereocenters. The quantitative estimate of drug-likeness (QED) is 0.0437. The summed E-state index contributed by atoms with van der Waals surface area (Å²) in [6, 6.07) is 1.22. The van der Waals surface area contributed by atoms with Gasteiger partial charge in [-0.1, -0.05) is 16.8 Å². The van der Waals surface area contributed by atoms with Crippen molar-refractivity contribution >= 4 is 86.7 Å². The Morgan fingerprint density at radius 1 is 1.25 bits per heavy atom. The Bertz CT molecular complexity index is 2080. The van der Waals surface area contributed by atoms with Gasteiger partial charge in [0.05, 0.1) is 17.1 Å². The maximum atomic E-state index is 13.4. The monoisotopic (exact) mass is 762 g/mol. The molecular formula is C29H29ClN9O10S2+. The summed E-state index contributed by atoms with van der Waals surface area (Å²) in [4.78, 5) is 74.2. The molecule has 0 radical (unpaired) electrons. The van der Waals surface area contributed by atoms with Crippen LogP contribution in [0.2, 0.25) is 5.02 Å². The summed E-state index contributed by atoms with van der Waals surface area (Å²) in [5, 5.41) is 51.8. The number of hydrogen-bond donors (Lipinski definition) is 8. The molecule has 51 heavy (non-hydrogen) atoms. The number of carboxylic acid groups (broad SMARTS) is 2. The highest BCUT2D eigenvalue weighted by Gasteiger charge is 2.55. The van der Waals surface area contributed by atoms with Gasteiger partial charge in [-0.15, -0.1) is 32.5 Å². The van der Waals surface area contributed by atoms with E-state index in [9.17, 15) is 44.4 Å². The number of aliphatic carboxylic acids is 2. The molecule has 1 fully saturated rings. The van der Waals surface area contributed by atoms with Crippen LogP contribution in [-0.2, 0) is 37.1 Å². The lowest BCUT2D eigenvalue weighted by atomic mass is 10.0. The molecule has 19 nitrogen and oxygen atoms in total. The van der Waals surface area contributed by atoms with Gasteiger partial charge in [0, 0.05) is 23.3 Å². The summed E-state index contributed by atoms with van der Waals surface area (Å²) in [5.41, 5.74) is 3.82. The largest absolute Gasteiger partial charge is 0.504 e. The molecule has 0 spiro atoms. The van der Waals surface area contributed by atoms with Crippen LogP contribution in [0.15, 0.2) is 40.1 Å². The average molecular weight is 763 g/mol. The highest BCUT2D eigenvalue weighted by Crippen LogP contribution is 2.41. The number of anilines is 3. The number of benzene rings is 1. The van der Waals surface area contributed by atoms with Gasteiger partial charge in [0.2, 0.25) is 11.8 Å². The van der Waals surface area contributed by atoms with Crippen molar-refractivity contribution in [3.8, 4) is 11.5 Å². The minimum atomic E-state index is -1.81. The van der Waals surface area contributed by atoms with Crippen molar-refractivity contribution in [2.24, 2.45) is 5.16 Å². The van der Waals surface area contributed by atoms with Crippen LogP contribution >= 0.6 is 34.7 Å². The standard InChI is InChI=1S/C29H28ClN9O10S2/c1-29(2,27(47)48)49-36-17(14-10-51-28(31)34-14)23(43)35-18-24(44)39-19(26(45)46)11(9-50-25(18)39)7-37-8-13(21-32-5-6-38(21)37)33-22(42)12-3-4-15(40)20(41)16(12)30/h3-4,8,10,18,25H,5-7,9H2,1-2H3,(H8,31,33,34,35,36,40,41,42,43,45,46,47,48)/p+1/t18-,25-/m1/s1. The van der Waals surface area contributed by atoms with Crippen molar-refractivity contribution in [2.75, 3.05) is 28.7 Å². The SMILES string of the molecule is CC(C)(O/N=C(\C(=O)N[C@@H]1C(=O)N2C(C(=O)O)=C(C[n+]3cc(NC(=O)c4ccc(O)c(O)c4Cl)c4n3CCN4)CS[C@H]12)c1csc(N)n1)C(=O)O. The van der Waals surface area contributed by atoms with Crippen LogP contribution < -0.4 is 26.4 Å². The van der Waals surface area contributed by atoms with Gasteiger partial charge in [-0.25, -0.2) is 14.6 Å². The second-order valence-electron chi connectivity index (χ2n) is 11.8. The fourth-order valence-corrected chi connectivity index (χ4v) is 7.53.